The summed E-state index contributed by atoms with van der Waals surface area (Å²) in [7, 11) is 0. The monoisotopic (exact) mass is 289 g/mol. The van der Waals surface area contributed by atoms with E-state index in [1.807, 2.05) is 12.1 Å². The van der Waals surface area contributed by atoms with Gasteiger partial charge in [-0.3, -0.25) is 0 Å². The highest BCUT2D eigenvalue weighted by atomic mass is 16.3. The van der Waals surface area contributed by atoms with Crippen molar-refractivity contribution in [3.63, 3.8) is 0 Å². The Kier molecular flexibility index (Phi) is 6.56. The Bertz CT molecular complexity index is 395. The highest BCUT2D eigenvalue weighted by molar-refractivity contribution is 5.25. The van der Waals surface area contributed by atoms with Gasteiger partial charge in [0.05, 0.1) is 0 Å². The van der Waals surface area contributed by atoms with Gasteiger partial charge in [-0.1, -0.05) is 38.3 Å². The quantitative estimate of drug-likeness (QED) is 0.765. The minimum atomic E-state index is 0.355. The second kappa shape index (κ2) is 8.43. The number of rotatable bonds is 7. The summed E-state index contributed by atoms with van der Waals surface area (Å²) in [5.74, 6) is 1.24. The van der Waals surface area contributed by atoms with E-state index in [0.717, 1.165) is 18.8 Å². The number of hydrogen-bond acceptors (Lipinski definition) is 2. The molecule has 1 fully saturated rings. The Balaban J connectivity index is 1.76. The molecule has 2 N–H and O–H groups in total. The zero-order valence-corrected chi connectivity index (χ0v) is 13.6. The van der Waals surface area contributed by atoms with Gasteiger partial charge in [0.25, 0.3) is 0 Å². The van der Waals surface area contributed by atoms with Crippen molar-refractivity contribution in [2.75, 3.05) is 0 Å². The van der Waals surface area contributed by atoms with Crippen LogP contribution >= 0.6 is 0 Å². The van der Waals surface area contributed by atoms with Crippen molar-refractivity contribution in [1.82, 2.24) is 5.32 Å². The van der Waals surface area contributed by atoms with Gasteiger partial charge in [0.2, 0.25) is 0 Å². The normalized spacial score (nSPS) is 19.3. The first-order chi connectivity index (χ1) is 10.2. The smallest absolute Gasteiger partial charge is 0.115 e. The molecular weight excluding hydrogens is 258 g/mol. The lowest BCUT2D eigenvalue weighted by Crippen LogP contribution is -2.42. The van der Waals surface area contributed by atoms with Crippen molar-refractivity contribution in [1.29, 1.82) is 0 Å². The molecule has 1 aromatic carbocycles. The van der Waals surface area contributed by atoms with Gasteiger partial charge in [0, 0.05) is 12.1 Å². The molecule has 0 radical (unpaired) electrons. The molecule has 118 valence electrons. The molecule has 0 amide bonds. The number of hydrogen-bond donors (Lipinski definition) is 2. The second-order valence-corrected chi connectivity index (χ2v) is 6.69. The summed E-state index contributed by atoms with van der Waals surface area (Å²) in [5.41, 5.74) is 1.31. The number of phenolic OH excluding ortho intramolecular Hbond substituents is 1. The maximum atomic E-state index is 9.32. The van der Waals surface area contributed by atoms with Crippen LogP contribution in [0.1, 0.15) is 64.4 Å². The number of aromatic hydroxyl groups is 1. The van der Waals surface area contributed by atoms with Crippen LogP contribution in [0.3, 0.4) is 0 Å². The zero-order valence-electron chi connectivity index (χ0n) is 13.6. The predicted octanol–water partition coefficient (Wildman–Crippen LogP) is 4.66. The molecule has 1 aromatic rings. The minimum Gasteiger partial charge on any atom is -0.508 e. The molecule has 0 spiro atoms. The van der Waals surface area contributed by atoms with Gasteiger partial charge in [-0.15, -0.1) is 0 Å². The fourth-order valence-electron chi connectivity index (χ4n) is 3.62. The molecule has 0 saturated heterocycles. The highest BCUT2D eigenvalue weighted by Gasteiger charge is 2.23. The summed E-state index contributed by atoms with van der Waals surface area (Å²) in [6.07, 6.45) is 10.6. The molecule has 0 bridgehead atoms. The summed E-state index contributed by atoms with van der Waals surface area (Å²) >= 11 is 0. The first-order valence-corrected chi connectivity index (χ1v) is 8.73. The van der Waals surface area contributed by atoms with Crippen molar-refractivity contribution in [3.05, 3.63) is 29.8 Å². The molecule has 21 heavy (non-hydrogen) atoms. The molecule has 1 aliphatic rings. The SMILES string of the molecule is CCC(NC(C)CCc1ccc(O)cc1)C1CCCCC1. The Labute approximate surface area is 130 Å². The summed E-state index contributed by atoms with van der Waals surface area (Å²) in [4.78, 5) is 0. The first-order valence-electron chi connectivity index (χ1n) is 8.73. The Morgan fingerprint density at radius 2 is 1.81 bits per heavy atom. The van der Waals surface area contributed by atoms with Crippen LogP contribution < -0.4 is 5.32 Å². The van der Waals surface area contributed by atoms with E-state index in [-0.39, 0.29) is 0 Å². The van der Waals surface area contributed by atoms with E-state index in [9.17, 15) is 5.11 Å². The van der Waals surface area contributed by atoms with Crippen molar-refractivity contribution in [3.8, 4) is 5.75 Å². The summed E-state index contributed by atoms with van der Waals surface area (Å²) in [6, 6.07) is 8.88. The van der Waals surface area contributed by atoms with E-state index in [1.165, 1.54) is 44.1 Å². The van der Waals surface area contributed by atoms with Gasteiger partial charge in [-0.25, -0.2) is 0 Å². The standard InChI is InChI=1S/C19H31NO/c1-3-19(17-7-5-4-6-8-17)20-15(2)9-10-16-11-13-18(21)14-12-16/h11-15,17,19-21H,3-10H2,1-2H3. The first kappa shape index (κ1) is 16.4. The summed E-state index contributed by atoms with van der Waals surface area (Å²) in [6.45, 7) is 4.63. The zero-order chi connectivity index (χ0) is 15.1. The maximum Gasteiger partial charge on any atom is 0.115 e. The van der Waals surface area contributed by atoms with Gasteiger partial charge in [0.1, 0.15) is 5.75 Å². The summed E-state index contributed by atoms with van der Waals surface area (Å²) < 4.78 is 0. The fourth-order valence-corrected chi connectivity index (χ4v) is 3.62. The molecule has 0 aromatic heterocycles. The third-order valence-electron chi connectivity index (χ3n) is 4.96. The van der Waals surface area contributed by atoms with Crippen LogP contribution in [0.4, 0.5) is 0 Å². The van der Waals surface area contributed by atoms with Crippen LogP contribution in [0, 0.1) is 5.92 Å². The number of nitrogens with one attached hydrogen (secondary N) is 1. The van der Waals surface area contributed by atoms with E-state index in [1.54, 1.807) is 12.1 Å². The topological polar surface area (TPSA) is 32.3 Å². The van der Waals surface area contributed by atoms with Crippen LogP contribution in [0.2, 0.25) is 0 Å². The lowest BCUT2D eigenvalue weighted by atomic mass is 9.82. The third-order valence-corrected chi connectivity index (χ3v) is 4.96. The molecule has 2 unspecified atom stereocenters. The largest absolute Gasteiger partial charge is 0.508 e. The Morgan fingerprint density at radius 3 is 2.43 bits per heavy atom. The van der Waals surface area contributed by atoms with Gasteiger partial charge in [0.15, 0.2) is 0 Å². The molecular formula is C19H31NO. The van der Waals surface area contributed by atoms with Gasteiger partial charge < -0.3 is 10.4 Å². The Hall–Kier alpha value is -1.02. The van der Waals surface area contributed by atoms with Crippen LogP contribution in [-0.2, 0) is 6.42 Å². The molecule has 2 heteroatoms. The van der Waals surface area contributed by atoms with Crippen LogP contribution in [0.5, 0.6) is 5.75 Å². The van der Waals surface area contributed by atoms with E-state index >= 15 is 0 Å². The van der Waals surface area contributed by atoms with Gasteiger partial charge in [-0.2, -0.15) is 0 Å². The second-order valence-electron chi connectivity index (χ2n) is 6.69. The minimum absolute atomic E-state index is 0.355. The molecule has 0 heterocycles. The molecule has 0 aliphatic heterocycles. The van der Waals surface area contributed by atoms with Crippen LogP contribution in [0.25, 0.3) is 0 Å². The molecule has 1 saturated carbocycles. The lowest BCUT2D eigenvalue weighted by molar-refractivity contribution is 0.246. The molecule has 2 nitrogen and oxygen atoms in total. The number of aryl methyl sites for hydroxylation is 1. The fraction of sp³-hybridized carbons (Fsp3) is 0.684. The van der Waals surface area contributed by atoms with E-state index < -0.39 is 0 Å². The van der Waals surface area contributed by atoms with Crippen molar-refractivity contribution in [2.45, 2.75) is 77.3 Å². The third kappa shape index (κ3) is 5.35. The molecule has 1 aliphatic carbocycles. The van der Waals surface area contributed by atoms with Crippen LogP contribution in [-0.4, -0.2) is 17.2 Å². The molecule has 2 rings (SSSR count). The maximum absolute atomic E-state index is 9.32. The number of benzene rings is 1. The van der Waals surface area contributed by atoms with E-state index in [2.05, 4.69) is 19.2 Å². The van der Waals surface area contributed by atoms with Crippen LogP contribution in [0.15, 0.2) is 24.3 Å². The van der Waals surface area contributed by atoms with Gasteiger partial charge in [-0.05, 0) is 62.6 Å². The summed E-state index contributed by atoms with van der Waals surface area (Å²) in [5, 5.41) is 13.2. The lowest BCUT2D eigenvalue weighted by Gasteiger charge is -2.32. The highest BCUT2D eigenvalue weighted by Crippen LogP contribution is 2.28. The number of phenols is 1. The Morgan fingerprint density at radius 1 is 1.14 bits per heavy atom. The van der Waals surface area contributed by atoms with Crippen molar-refractivity contribution >= 4 is 0 Å². The van der Waals surface area contributed by atoms with Crippen molar-refractivity contribution < 1.29 is 5.11 Å². The average Bonchev–Trinajstić information content (AvgIpc) is 2.53. The van der Waals surface area contributed by atoms with Crippen molar-refractivity contribution in [2.24, 2.45) is 5.92 Å². The van der Waals surface area contributed by atoms with E-state index in [4.69, 9.17) is 0 Å². The predicted molar refractivity (Wildman–Crippen MR) is 89.7 cm³/mol. The average molecular weight is 289 g/mol. The molecule has 2 atom stereocenters. The van der Waals surface area contributed by atoms with E-state index in [0.29, 0.717) is 17.8 Å². The van der Waals surface area contributed by atoms with Gasteiger partial charge >= 0.3 is 0 Å².